The molecule has 0 aliphatic heterocycles. The lowest BCUT2D eigenvalue weighted by atomic mass is 10.1. The van der Waals surface area contributed by atoms with E-state index in [1.54, 1.807) is 25.4 Å². The number of nitrogens with two attached hydrogens (primary N) is 1. The number of nitrogens with zero attached hydrogens (tertiary/aromatic N) is 3. The number of methoxy groups -OCH3 is 1. The van der Waals surface area contributed by atoms with Crippen LogP contribution in [0.15, 0.2) is 60.8 Å². The molecule has 0 radical (unpaired) electrons. The number of para-hydroxylation sites is 3. The fourth-order valence-electron chi connectivity index (χ4n) is 3.25. The minimum atomic E-state index is -0.555. The van der Waals surface area contributed by atoms with Crippen molar-refractivity contribution in [2.24, 2.45) is 12.8 Å². The highest BCUT2D eigenvalue weighted by molar-refractivity contribution is 5.98. The van der Waals surface area contributed by atoms with E-state index in [4.69, 9.17) is 15.5 Å². The molecule has 0 unspecified atom stereocenters. The zero-order valence-electron chi connectivity index (χ0n) is 15.5. The van der Waals surface area contributed by atoms with E-state index in [1.807, 2.05) is 54.1 Å². The van der Waals surface area contributed by atoms with Crippen LogP contribution in [0.25, 0.3) is 22.4 Å². The number of nitrogens with one attached hydrogen (secondary N) is 1. The van der Waals surface area contributed by atoms with Crippen molar-refractivity contribution in [3.05, 3.63) is 66.4 Å². The number of hydrogen-bond acceptors (Lipinski definition) is 5. The Hall–Kier alpha value is -3.87. The molecule has 0 atom stereocenters. The minimum Gasteiger partial charge on any atom is -0.494 e. The number of rotatable bonds is 5. The van der Waals surface area contributed by atoms with Crippen LogP contribution in [-0.4, -0.2) is 27.6 Å². The molecular weight excluding hydrogens is 354 g/mol. The molecule has 3 N–H and O–H groups in total. The number of hydrogen-bond donors (Lipinski definition) is 2. The minimum absolute atomic E-state index is 0.303. The quantitative estimate of drug-likeness (QED) is 0.558. The topological polar surface area (TPSA) is 95.1 Å². The molecule has 0 saturated carbocycles. The predicted octanol–water partition coefficient (Wildman–Crippen LogP) is 3.49. The monoisotopic (exact) mass is 373 g/mol. The van der Waals surface area contributed by atoms with Gasteiger partial charge in [-0.3, -0.25) is 4.79 Å². The molecule has 140 valence electrons. The van der Waals surface area contributed by atoms with Crippen LogP contribution in [0.2, 0.25) is 0 Å². The summed E-state index contributed by atoms with van der Waals surface area (Å²) in [4.78, 5) is 20.7. The average molecular weight is 373 g/mol. The number of aromatic nitrogens is 3. The van der Waals surface area contributed by atoms with Gasteiger partial charge in [-0.2, -0.15) is 0 Å². The van der Waals surface area contributed by atoms with Gasteiger partial charge in [0, 0.05) is 13.2 Å². The summed E-state index contributed by atoms with van der Waals surface area (Å²) in [6.45, 7) is 0. The number of primary amides is 1. The molecule has 2 aromatic carbocycles. The van der Waals surface area contributed by atoms with Crippen LogP contribution in [-0.2, 0) is 7.05 Å². The highest BCUT2D eigenvalue weighted by Gasteiger charge is 2.18. The third kappa shape index (κ3) is 2.92. The first kappa shape index (κ1) is 17.5. The highest BCUT2D eigenvalue weighted by Crippen LogP contribution is 2.38. The highest BCUT2D eigenvalue weighted by atomic mass is 16.5. The first-order chi connectivity index (χ1) is 13.6. The largest absolute Gasteiger partial charge is 0.494 e. The zero-order valence-corrected chi connectivity index (χ0v) is 15.5. The van der Waals surface area contributed by atoms with Gasteiger partial charge >= 0.3 is 0 Å². The van der Waals surface area contributed by atoms with Crippen molar-refractivity contribution in [2.45, 2.75) is 0 Å². The maximum atomic E-state index is 11.7. The number of amides is 1. The number of ether oxygens (including phenoxy) is 1. The van der Waals surface area contributed by atoms with E-state index in [1.165, 1.54) is 0 Å². The van der Waals surface area contributed by atoms with Gasteiger partial charge in [0.2, 0.25) is 0 Å². The van der Waals surface area contributed by atoms with Crippen molar-refractivity contribution in [1.29, 1.82) is 0 Å². The number of fused-ring (bicyclic) bond motifs is 1. The van der Waals surface area contributed by atoms with E-state index in [-0.39, 0.29) is 0 Å². The summed E-state index contributed by atoms with van der Waals surface area (Å²) < 4.78 is 7.72. The number of aryl methyl sites for hydroxylation is 1. The van der Waals surface area contributed by atoms with Gasteiger partial charge in [0.05, 0.1) is 35.0 Å². The van der Waals surface area contributed by atoms with Crippen molar-refractivity contribution < 1.29 is 9.53 Å². The number of carbonyl (C=O) groups excluding carboxylic acids is 1. The molecule has 28 heavy (non-hydrogen) atoms. The SMILES string of the molecule is COc1c(Nc2ncccc2C(N)=O)cccc1-c1nc2ccccc2n1C. The second kappa shape index (κ2) is 7.03. The summed E-state index contributed by atoms with van der Waals surface area (Å²) in [7, 11) is 3.56. The molecule has 2 aromatic heterocycles. The lowest BCUT2D eigenvalue weighted by Crippen LogP contribution is -2.14. The number of benzene rings is 2. The molecule has 0 aliphatic rings. The third-order valence-corrected chi connectivity index (χ3v) is 4.57. The first-order valence-electron chi connectivity index (χ1n) is 8.71. The van der Waals surface area contributed by atoms with Gasteiger partial charge in [-0.05, 0) is 36.4 Å². The summed E-state index contributed by atoms with van der Waals surface area (Å²) >= 11 is 0. The van der Waals surface area contributed by atoms with Gasteiger partial charge in [-0.15, -0.1) is 0 Å². The Bertz CT molecular complexity index is 1180. The molecule has 0 bridgehead atoms. The van der Waals surface area contributed by atoms with Crippen LogP contribution >= 0.6 is 0 Å². The van der Waals surface area contributed by atoms with Gasteiger partial charge in [0.15, 0.2) is 5.75 Å². The molecule has 4 aromatic rings. The summed E-state index contributed by atoms with van der Waals surface area (Å²) in [5.74, 6) is 1.19. The number of anilines is 2. The van der Waals surface area contributed by atoms with Crippen LogP contribution in [0.3, 0.4) is 0 Å². The molecular formula is C21H19N5O2. The second-order valence-corrected chi connectivity index (χ2v) is 6.26. The van der Waals surface area contributed by atoms with Gasteiger partial charge in [-0.25, -0.2) is 9.97 Å². The summed E-state index contributed by atoms with van der Waals surface area (Å²) in [6, 6.07) is 16.9. The molecule has 0 saturated heterocycles. The van der Waals surface area contributed by atoms with E-state index in [0.717, 1.165) is 22.4 Å². The fourth-order valence-corrected chi connectivity index (χ4v) is 3.25. The Morgan fingerprint density at radius 1 is 1.11 bits per heavy atom. The normalized spacial score (nSPS) is 10.8. The van der Waals surface area contributed by atoms with E-state index in [9.17, 15) is 4.79 Å². The zero-order chi connectivity index (χ0) is 19.7. The van der Waals surface area contributed by atoms with Crippen molar-refractivity contribution in [3.8, 4) is 17.1 Å². The predicted molar refractivity (Wildman–Crippen MR) is 109 cm³/mol. The van der Waals surface area contributed by atoms with Crippen LogP contribution in [0.4, 0.5) is 11.5 Å². The lowest BCUT2D eigenvalue weighted by molar-refractivity contribution is 0.100. The van der Waals surface area contributed by atoms with E-state index in [0.29, 0.717) is 22.8 Å². The third-order valence-electron chi connectivity index (χ3n) is 4.57. The van der Waals surface area contributed by atoms with E-state index in [2.05, 4.69) is 10.3 Å². The Balaban J connectivity index is 1.84. The molecule has 4 rings (SSSR count). The molecule has 7 heteroatoms. The van der Waals surface area contributed by atoms with Gasteiger partial charge in [-0.1, -0.05) is 18.2 Å². The van der Waals surface area contributed by atoms with Crippen molar-refractivity contribution in [2.75, 3.05) is 12.4 Å². The first-order valence-corrected chi connectivity index (χ1v) is 8.71. The van der Waals surface area contributed by atoms with E-state index < -0.39 is 5.91 Å². The molecule has 7 nitrogen and oxygen atoms in total. The van der Waals surface area contributed by atoms with Crippen LogP contribution in [0.1, 0.15) is 10.4 Å². The molecule has 0 fully saturated rings. The van der Waals surface area contributed by atoms with Crippen molar-refractivity contribution in [1.82, 2.24) is 14.5 Å². The Morgan fingerprint density at radius 3 is 2.68 bits per heavy atom. The van der Waals surface area contributed by atoms with E-state index >= 15 is 0 Å². The number of pyridine rings is 1. The standard InChI is InChI=1S/C21H19N5O2/c1-26-17-11-4-3-9-15(17)25-21(26)13-7-5-10-16(18(13)28-2)24-20-14(19(22)27)8-6-12-23-20/h3-12H,1-2H3,(H2,22,27)(H,23,24). The summed E-state index contributed by atoms with van der Waals surface area (Å²) in [5.41, 5.74) is 9.18. The Morgan fingerprint density at radius 2 is 1.93 bits per heavy atom. The van der Waals surface area contributed by atoms with Crippen molar-refractivity contribution in [3.63, 3.8) is 0 Å². The Kier molecular flexibility index (Phi) is 4.41. The van der Waals surface area contributed by atoms with Gasteiger partial charge < -0.3 is 20.4 Å². The van der Waals surface area contributed by atoms with Crippen LogP contribution < -0.4 is 15.8 Å². The smallest absolute Gasteiger partial charge is 0.252 e. The molecule has 0 spiro atoms. The van der Waals surface area contributed by atoms with Gasteiger partial charge in [0.25, 0.3) is 5.91 Å². The number of imidazole rings is 1. The fraction of sp³-hybridized carbons (Fsp3) is 0.0952. The van der Waals surface area contributed by atoms with Gasteiger partial charge in [0.1, 0.15) is 11.6 Å². The summed E-state index contributed by atoms with van der Waals surface area (Å²) in [5, 5.41) is 3.16. The lowest BCUT2D eigenvalue weighted by Gasteiger charge is -2.15. The molecule has 1 amide bonds. The second-order valence-electron chi connectivity index (χ2n) is 6.26. The summed E-state index contributed by atoms with van der Waals surface area (Å²) in [6.07, 6.45) is 1.59. The Labute approximate surface area is 161 Å². The average Bonchev–Trinajstić information content (AvgIpc) is 3.05. The maximum Gasteiger partial charge on any atom is 0.252 e. The van der Waals surface area contributed by atoms with Crippen LogP contribution in [0.5, 0.6) is 5.75 Å². The number of carbonyl (C=O) groups is 1. The maximum absolute atomic E-state index is 11.7. The molecule has 2 heterocycles. The molecule has 0 aliphatic carbocycles. The van der Waals surface area contributed by atoms with Crippen LogP contribution in [0, 0.1) is 0 Å². The van der Waals surface area contributed by atoms with Crippen molar-refractivity contribution >= 4 is 28.4 Å².